The van der Waals surface area contributed by atoms with Gasteiger partial charge in [-0.1, -0.05) is 0 Å². The van der Waals surface area contributed by atoms with Crippen molar-refractivity contribution >= 4 is 32.1 Å². The van der Waals surface area contributed by atoms with Crippen molar-refractivity contribution in [2.45, 2.75) is 0 Å². The molecule has 0 aromatic heterocycles. The fraction of sp³-hybridized carbons (Fsp3) is 0. The summed E-state index contributed by atoms with van der Waals surface area (Å²) in [7, 11) is -4.61. The standard InChI is InChI=1S/Mg.Mn.H4O4Si.2H/c;;1-5(2,3)4;;/h;;1-4H;;/q+2;;;2*-1. The fourth-order valence-corrected chi connectivity index (χ4v) is 0. The van der Waals surface area contributed by atoms with Gasteiger partial charge in [0.25, 0.3) is 0 Å². The van der Waals surface area contributed by atoms with E-state index in [1.165, 1.54) is 0 Å². The third kappa shape index (κ3) is 116. The maximum absolute atomic E-state index is 7.33. The van der Waals surface area contributed by atoms with Gasteiger partial charge in [-0.15, -0.1) is 0 Å². The zero-order chi connectivity index (χ0) is 4.50. The monoisotopic (exact) mass is 177 g/mol. The van der Waals surface area contributed by atoms with Crippen LogP contribution in [0.3, 0.4) is 0 Å². The van der Waals surface area contributed by atoms with Crippen LogP contribution in [0.15, 0.2) is 0 Å². The molecule has 0 saturated carbocycles. The fourth-order valence-electron chi connectivity index (χ4n) is 0. The van der Waals surface area contributed by atoms with Gasteiger partial charge < -0.3 is 22.0 Å². The molecule has 0 atom stereocenters. The second-order valence-corrected chi connectivity index (χ2v) is 1.80. The Morgan fingerprint density at radius 3 is 1.00 bits per heavy atom. The van der Waals surface area contributed by atoms with Crippen molar-refractivity contribution in [1.82, 2.24) is 0 Å². The average Bonchev–Trinajstić information content (AvgIpc) is 0.722. The van der Waals surface area contributed by atoms with Gasteiger partial charge >= 0.3 is 32.1 Å². The summed E-state index contributed by atoms with van der Waals surface area (Å²) in [5.74, 6) is 0. The van der Waals surface area contributed by atoms with Crippen molar-refractivity contribution in [2.75, 3.05) is 0 Å². The molecule has 1 radical (unpaired) electrons. The summed E-state index contributed by atoms with van der Waals surface area (Å²) < 4.78 is 0. The topological polar surface area (TPSA) is 80.9 Å². The zero-order valence-electron chi connectivity index (χ0n) is 5.37. The summed E-state index contributed by atoms with van der Waals surface area (Å²) in [6, 6.07) is 0. The minimum atomic E-state index is -4.61. The van der Waals surface area contributed by atoms with Crippen LogP contribution in [0.2, 0.25) is 0 Å². The summed E-state index contributed by atoms with van der Waals surface area (Å²) in [4.78, 5) is 29.3. The second kappa shape index (κ2) is 5.48. The molecule has 0 heterocycles. The van der Waals surface area contributed by atoms with Gasteiger partial charge in [0.05, 0.1) is 0 Å². The van der Waals surface area contributed by atoms with Crippen LogP contribution in [0.1, 0.15) is 2.85 Å². The van der Waals surface area contributed by atoms with Crippen LogP contribution >= 0.6 is 0 Å². The first kappa shape index (κ1) is 15.8. The van der Waals surface area contributed by atoms with Crippen molar-refractivity contribution in [3.05, 3.63) is 0 Å². The van der Waals surface area contributed by atoms with E-state index in [9.17, 15) is 0 Å². The first-order chi connectivity index (χ1) is 2.00. The predicted octanol–water partition coefficient (Wildman–Crippen LogP) is -2.77. The van der Waals surface area contributed by atoms with Gasteiger partial charge in [-0.3, -0.25) is 0 Å². The Morgan fingerprint density at radius 2 is 1.00 bits per heavy atom. The van der Waals surface area contributed by atoms with Crippen molar-refractivity contribution in [3.63, 3.8) is 0 Å². The van der Waals surface area contributed by atoms with Crippen LogP contribution in [0.5, 0.6) is 0 Å². The van der Waals surface area contributed by atoms with Crippen molar-refractivity contribution in [3.8, 4) is 0 Å². The van der Waals surface area contributed by atoms with E-state index in [-0.39, 0.29) is 43.0 Å². The normalized spacial score (nSPS) is 8.57. The van der Waals surface area contributed by atoms with Crippen molar-refractivity contribution < 1.29 is 39.1 Å². The molecule has 0 rings (SSSR count). The van der Waals surface area contributed by atoms with E-state index < -0.39 is 9.05 Å². The molecule has 0 aliphatic rings. The van der Waals surface area contributed by atoms with Crippen LogP contribution in [-0.2, 0) is 17.1 Å². The summed E-state index contributed by atoms with van der Waals surface area (Å²) in [6.45, 7) is 0. The van der Waals surface area contributed by atoms with E-state index >= 15 is 0 Å². The smallest absolute Gasteiger partial charge is 1.00 e. The molecular weight excluding hydrogens is 171 g/mol. The van der Waals surface area contributed by atoms with Crippen LogP contribution in [0.4, 0.5) is 0 Å². The third-order valence-corrected chi connectivity index (χ3v) is 0. The second-order valence-electron chi connectivity index (χ2n) is 0.600. The molecule has 0 aromatic rings. The van der Waals surface area contributed by atoms with Gasteiger partial charge in [0, 0.05) is 17.1 Å². The summed E-state index contributed by atoms with van der Waals surface area (Å²) in [5.41, 5.74) is 0. The quantitative estimate of drug-likeness (QED) is 0.302. The minimum Gasteiger partial charge on any atom is -1.00 e. The molecule has 43 valence electrons. The van der Waals surface area contributed by atoms with Crippen molar-refractivity contribution in [2.24, 2.45) is 0 Å². The molecule has 7 heteroatoms. The van der Waals surface area contributed by atoms with E-state index in [4.69, 9.17) is 19.2 Å². The molecule has 0 unspecified atom stereocenters. The van der Waals surface area contributed by atoms with Gasteiger partial charge in [-0.2, -0.15) is 0 Å². The Morgan fingerprint density at radius 1 is 1.00 bits per heavy atom. The molecule has 0 saturated heterocycles. The molecule has 0 aliphatic heterocycles. The molecule has 7 heavy (non-hydrogen) atoms. The Bertz CT molecular complexity index is 34.0. The average molecular weight is 177 g/mol. The Kier molecular flexibility index (Phi) is 12.3. The van der Waals surface area contributed by atoms with Crippen LogP contribution in [0, 0.1) is 0 Å². The predicted molar refractivity (Wildman–Crippen MR) is 22.6 cm³/mol. The van der Waals surface area contributed by atoms with Crippen LogP contribution in [-0.4, -0.2) is 51.3 Å². The maximum Gasteiger partial charge on any atom is 2.00 e. The van der Waals surface area contributed by atoms with E-state index in [0.29, 0.717) is 0 Å². The van der Waals surface area contributed by atoms with Gasteiger partial charge in [0.15, 0.2) is 0 Å². The van der Waals surface area contributed by atoms with Gasteiger partial charge in [-0.25, -0.2) is 0 Å². The molecular formula is H6MgMnO4Si. The number of hydrogen-bond acceptors (Lipinski definition) is 4. The summed E-state index contributed by atoms with van der Waals surface area (Å²) >= 11 is 0. The Hall–Kier alpha value is 1.34. The maximum atomic E-state index is 7.33. The van der Waals surface area contributed by atoms with Gasteiger partial charge in [-0.05, 0) is 0 Å². The SMILES string of the molecule is O[Si](O)(O)O.[H-].[H-].[Mg+2].[Mn]. The van der Waals surface area contributed by atoms with E-state index in [1.807, 2.05) is 0 Å². The Labute approximate surface area is 71.3 Å². The summed E-state index contributed by atoms with van der Waals surface area (Å²) in [5, 5.41) is 0. The summed E-state index contributed by atoms with van der Waals surface area (Å²) in [6.07, 6.45) is 0. The van der Waals surface area contributed by atoms with Crippen LogP contribution < -0.4 is 0 Å². The minimum absolute atomic E-state index is 0. The van der Waals surface area contributed by atoms with Gasteiger partial charge in [0.1, 0.15) is 0 Å². The van der Waals surface area contributed by atoms with Crippen LogP contribution in [0.25, 0.3) is 0 Å². The molecule has 0 aromatic carbocycles. The molecule has 0 bridgehead atoms. The first-order valence-corrected chi connectivity index (χ1v) is 2.68. The first-order valence-electron chi connectivity index (χ1n) is 0.894. The van der Waals surface area contributed by atoms with E-state index in [0.717, 1.165) is 0 Å². The third-order valence-electron chi connectivity index (χ3n) is 0. The van der Waals surface area contributed by atoms with Gasteiger partial charge in [0.2, 0.25) is 0 Å². The molecule has 0 fully saturated rings. The van der Waals surface area contributed by atoms with E-state index in [1.54, 1.807) is 0 Å². The largest absolute Gasteiger partial charge is 2.00 e. The zero-order valence-corrected chi connectivity index (χ0v) is 6.97. The van der Waals surface area contributed by atoms with E-state index in [2.05, 4.69) is 0 Å². The molecule has 0 amide bonds. The molecule has 0 aliphatic carbocycles. The molecule has 0 spiro atoms. The number of rotatable bonds is 0. The Balaban J connectivity index is -0.0000000133. The van der Waals surface area contributed by atoms with Crippen molar-refractivity contribution in [1.29, 1.82) is 0 Å². The number of hydrogen-bond donors (Lipinski definition) is 4. The molecule has 4 nitrogen and oxygen atoms in total. The molecule has 4 N–H and O–H groups in total.